The smallest absolute Gasteiger partial charge is 0.423 e. The monoisotopic (exact) mass is 356 g/mol. The van der Waals surface area contributed by atoms with Crippen molar-refractivity contribution in [3.05, 3.63) is 77.4 Å². The number of aryl methyl sites for hydroxylation is 1. The first-order valence-corrected chi connectivity index (χ1v) is 7.07. The van der Waals surface area contributed by atoms with Crippen LogP contribution in [0.1, 0.15) is 16.7 Å². The van der Waals surface area contributed by atoms with Crippen LogP contribution in [-0.2, 0) is 6.42 Å². The number of rotatable bonds is 3. The molecule has 0 aliphatic carbocycles. The van der Waals surface area contributed by atoms with Crippen molar-refractivity contribution in [1.29, 1.82) is 0 Å². The Morgan fingerprint density at radius 3 is 2.36 bits per heavy atom. The zero-order chi connectivity index (χ0) is 14.8. The van der Waals surface area contributed by atoms with Crippen molar-refractivity contribution in [3.8, 4) is 0 Å². The summed E-state index contributed by atoms with van der Waals surface area (Å²) in [6.07, 6.45) is 0.689. The van der Waals surface area contributed by atoms with E-state index in [4.69, 9.17) is 0 Å². The van der Waals surface area contributed by atoms with Crippen molar-refractivity contribution in [3.63, 3.8) is 0 Å². The maximum atomic E-state index is 9.49. The maximum Gasteiger partial charge on any atom is 0.488 e. The highest BCUT2D eigenvalue weighted by Gasteiger charge is 2.15. The molecular weight excluding hydrogens is 339 g/mol. The van der Waals surface area contributed by atoms with Crippen LogP contribution in [0.15, 0.2) is 60.7 Å². The van der Waals surface area contributed by atoms with Gasteiger partial charge in [-0.1, -0.05) is 66.2 Å². The van der Waals surface area contributed by atoms with E-state index in [1.807, 2.05) is 18.2 Å². The zero-order valence-electron chi connectivity index (χ0n) is 12.4. The number of benzene rings is 3. The summed E-state index contributed by atoms with van der Waals surface area (Å²) >= 11 is 0. The van der Waals surface area contributed by atoms with Crippen LogP contribution < -0.4 is 5.46 Å². The first-order valence-electron chi connectivity index (χ1n) is 7.07. The maximum absolute atomic E-state index is 9.49. The minimum atomic E-state index is -1.43. The molecule has 0 aliphatic heterocycles. The Labute approximate surface area is 141 Å². The van der Waals surface area contributed by atoms with E-state index in [9.17, 15) is 10.0 Å². The SMILES string of the molecule is Br.Cc1ccc2c(Cc3ccccc3B(O)O)cccc2c1. The van der Waals surface area contributed by atoms with Gasteiger partial charge in [-0.15, -0.1) is 17.0 Å². The van der Waals surface area contributed by atoms with Crippen LogP contribution in [-0.4, -0.2) is 17.2 Å². The van der Waals surface area contributed by atoms with E-state index in [0.29, 0.717) is 11.9 Å². The van der Waals surface area contributed by atoms with Gasteiger partial charge in [0.05, 0.1) is 0 Å². The van der Waals surface area contributed by atoms with Gasteiger partial charge in [0.2, 0.25) is 0 Å². The molecule has 2 nitrogen and oxygen atoms in total. The Morgan fingerprint density at radius 1 is 0.864 bits per heavy atom. The molecule has 0 radical (unpaired) electrons. The third-order valence-electron chi connectivity index (χ3n) is 3.84. The van der Waals surface area contributed by atoms with Crippen molar-refractivity contribution in [2.75, 3.05) is 0 Å². The summed E-state index contributed by atoms with van der Waals surface area (Å²) in [6, 6.07) is 20.1. The molecule has 0 amide bonds. The zero-order valence-corrected chi connectivity index (χ0v) is 14.1. The molecular formula is C18H18BBrO2. The van der Waals surface area contributed by atoms with Crippen molar-refractivity contribution in [2.45, 2.75) is 13.3 Å². The van der Waals surface area contributed by atoms with Crippen LogP contribution >= 0.6 is 17.0 Å². The quantitative estimate of drug-likeness (QED) is 0.708. The lowest BCUT2D eigenvalue weighted by molar-refractivity contribution is 0.425. The van der Waals surface area contributed by atoms with E-state index in [1.54, 1.807) is 6.07 Å². The second-order valence-electron chi connectivity index (χ2n) is 5.39. The second kappa shape index (κ2) is 7.10. The number of hydrogen-bond acceptors (Lipinski definition) is 2. The van der Waals surface area contributed by atoms with Gasteiger partial charge in [0.15, 0.2) is 0 Å². The fraction of sp³-hybridized carbons (Fsp3) is 0.111. The standard InChI is InChI=1S/C18H17BO2.BrH/c1-13-9-10-17-14(11-13)6-4-7-15(17)12-16-5-2-3-8-18(16)19(20)21;/h2-11,20-21H,12H2,1H3;1H. The molecule has 0 aliphatic rings. The van der Waals surface area contributed by atoms with Gasteiger partial charge >= 0.3 is 7.12 Å². The highest BCUT2D eigenvalue weighted by Crippen LogP contribution is 2.22. The van der Waals surface area contributed by atoms with Crippen LogP contribution in [0, 0.1) is 6.92 Å². The third kappa shape index (κ3) is 3.41. The van der Waals surface area contributed by atoms with Gasteiger partial charge in [0.25, 0.3) is 0 Å². The molecule has 0 spiro atoms. The van der Waals surface area contributed by atoms with Crippen LogP contribution in [0.3, 0.4) is 0 Å². The van der Waals surface area contributed by atoms with Crippen LogP contribution in [0.4, 0.5) is 0 Å². The number of fused-ring (bicyclic) bond motifs is 1. The minimum absolute atomic E-state index is 0. The lowest BCUT2D eigenvalue weighted by Gasteiger charge is -2.11. The molecule has 0 bridgehead atoms. The average molecular weight is 357 g/mol. The topological polar surface area (TPSA) is 40.5 Å². The molecule has 22 heavy (non-hydrogen) atoms. The Kier molecular flexibility index (Phi) is 5.40. The fourth-order valence-electron chi connectivity index (χ4n) is 2.78. The third-order valence-corrected chi connectivity index (χ3v) is 3.84. The van der Waals surface area contributed by atoms with Gasteiger partial charge < -0.3 is 10.0 Å². The summed E-state index contributed by atoms with van der Waals surface area (Å²) in [4.78, 5) is 0. The van der Waals surface area contributed by atoms with Crippen molar-refractivity contribution >= 4 is 40.3 Å². The van der Waals surface area contributed by atoms with E-state index in [1.165, 1.54) is 21.9 Å². The Balaban J connectivity index is 0.00000176. The molecule has 0 fully saturated rings. The first-order chi connectivity index (χ1) is 10.1. The van der Waals surface area contributed by atoms with Gasteiger partial charge in [-0.25, -0.2) is 0 Å². The lowest BCUT2D eigenvalue weighted by Crippen LogP contribution is -2.32. The molecule has 0 atom stereocenters. The van der Waals surface area contributed by atoms with Gasteiger partial charge in [-0.05, 0) is 40.7 Å². The van der Waals surface area contributed by atoms with E-state index in [0.717, 1.165) is 5.56 Å². The van der Waals surface area contributed by atoms with Crippen molar-refractivity contribution < 1.29 is 10.0 Å². The van der Waals surface area contributed by atoms with E-state index < -0.39 is 7.12 Å². The van der Waals surface area contributed by atoms with Crippen LogP contribution in [0.2, 0.25) is 0 Å². The van der Waals surface area contributed by atoms with E-state index in [-0.39, 0.29) is 17.0 Å². The van der Waals surface area contributed by atoms with E-state index in [2.05, 4.69) is 43.3 Å². The van der Waals surface area contributed by atoms with Crippen molar-refractivity contribution in [1.82, 2.24) is 0 Å². The molecule has 3 rings (SSSR count). The minimum Gasteiger partial charge on any atom is -0.423 e. The molecule has 112 valence electrons. The largest absolute Gasteiger partial charge is 0.488 e. The molecule has 0 heterocycles. The van der Waals surface area contributed by atoms with Gasteiger partial charge in [-0.2, -0.15) is 0 Å². The van der Waals surface area contributed by atoms with Gasteiger partial charge in [0, 0.05) is 0 Å². The summed E-state index contributed by atoms with van der Waals surface area (Å²) < 4.78 is 0. The summed E-state index contributed by atoms with van der Waals surface area (Å²) in [6.45, 7) is 2.09. The number of halogens is 1. The predicted molar refractivity (Wildman–Crippen MR) is 98.1 cm³/mol. The molecule has 0 saturated heterocycles. The van der Waals surface area contributed by atoms with Gasteiger partial charge in [-0.3, -0.25) is 0 Å². The normalized spacial score (nSPS) is 10.3. The van der Waals surface area contributed by atoms with Crippen LogP contribution in [0.25, 0.3) is 10.8 Å². The molecule has 4 heteroatoms. The lowest BCUT2D eigenvalue weighted by atomic mass is 9.75. The van der Waals surface area contributed by atoms with Gasteiger partial charge in [0.1, 0.15) is 0 Å². The summed E-state index contributed by atoms with van der Waals surface area (Å²) in [5, 5.41) is 21.4. The second-order valence-corrected chi connectivity index (χ2v) is 5.39. The summed E-state index contributed by atoms with van der Waals surface area (Å²) in [5.74, 6) is 0. The molecule has 2 N–H and O–H groups in total. The summed E-state index contributed by atoms with van der Waals surface area (Å²) in [7, 11) is -1.43. The van der Waals surface area contributed by atoms with Crippen LogP contribution in [0.5, 0.6) is 0 Å². The predicted octanol–water partition coefficient (Wildman–Crippen LogP) is 3.00. The molecule has 3 aromatic carbocycles. The fourth-order valence-corrected chi connectivity index (χ4v) is 2.78. The molecule has 3 aromatic rings. The van der Waals surface area contributed by atoms with Crippen molar-refractivity contribution in [2.24, 2.45) is 0 Å². The summed E-state index contributed by atoms with van der Waals surface area (Å²) in [5.41, 5.74) is 3.95. The Bertz CT molecular complexity index is 787. The average Bonchev–Trinajstić information content (AvgIpc) is 2.47. The first kappa shape index (κ1) is 16.8. The molecule has 0 aromatic heterocycles. The van der Waals surface area contributed by atoms with E-state index >= 15 is 0 Å². The Morgan fingerprint density at radius 2 is 1.59 bits per heavy atom. The highest BCUT2D eigenvalue weighted by molar-refractivity contribution is 8.93. The molecule has 0 saturated carbocycles. The number of hydrogen-bond donors (Lipinski definition) is 2. The highest BCUT2D eigenvalue weighted by atomic mass is 79.9. The Hall–Kier alpha value is -1.62. The molecule has 0 unspecified atom stereocenters.